The average molecular weight is 455 g/mol. The van der Waals surface area contributed by atoms with E-state index in [0.29, 0.717) is 21.8 Å². The minimum absolute atomic E-state index is 0.0182. The van der Waals surface area contributed by atoms with Crippen molar-refractivity contribution < 1.29 is 9.59 Å². The van der Waals surface area contributed by atoms with Crippen LogP contribution in [0.15, 0.2) is 42.5 Å². The van der Waals surface area contributed by atoms with E-state index < -0.39 is 0 Å². The summed E-state index contributed by atoms with van der Waals surface area (Å²) in [7, 11) is 0. The van der Waals surface area contributed by atoms with Crippen LogP contribution in [0.4, 0.5) is 5.69 Å². The van der Waals surface area contributed by atoms with Crippen LogP contribution >= 0.6 is 34.2 Å². The van der Waals surface area contributed by atoms with Gasteiger partial charge >= 0.3 is 0 Å². The van der Waals surface area contributed by atoms with E-state index in [1.165, 1.54) is 0 Å². The Balaban J connectivity index is 1.76. The second kappa shape index (κ2) is 7.53. The maximum atomic E-state index is 12.4. The second-order valence-electron chi connectivity index (χ2n) is 5.66. The van der Waals surface area contributed by atoms with E-state index in [4.69, 9.17) is 11.6 Å². The molecule has 0 unspecified atom stereocenters. The molecule has 0 bridgehead atoms. The van der Waals surface area contributed by atoms with E-state index >= 15 is 0 Å². The highest BCUT2D eigenvalue weighted by Gasteiger charge is 2.20. The van der Waals surface area contributed by atoms with Crippen molar-refractivity contribution in [3.63, 3.8) is 0 Å². The Morgan fingerprint density at radius 3 is 2.54 bits per heavy atom. The number of amides is 2. The highest BCUT2D eigenvalue weighted by Crippen LogP contribution is 2.21. The Morgan fingerprint density at radius 1 is 1.08 bits per heavy atom. The molecule has 1 aliphatic heterocycles. The number of halogens is 2. The van der Waals surface area contributed by atoms with Crippen molar-refractivity contribution in [3.8, 4) is 0 Å². The zero-order valence-electron chi connectivity index (χ0n) is 12.9. The third-order valence-electron chi connectivity index (χ3n) is 3.94. The van der Waals surface area contributed by atoms with Gasteiger partial charge in [-0.2, -0.15) is 0 Å². The SMILES string of the molecule is O=C(Nc1cccc(C(=O)N2CCCC2)c1)c1ccc(Cl)cc1I. The standard InChI is InChI=1S/C18H16ClIN2O2/c19-13-6-7-15(16(20)11-13)17(23)21-14-5-3-4-12(10-14)18(24)22-8-1-2-9-22/h3-7,10-11H,1-2,8-9H2,(H,21,23). The van der Waals surface area contributed by atoms with Crippen molar-refractivity contribution in [3.05, 3.63) is 62.2 Å². The fourth-order valence-corrected chi connectivity index (χ4v) is 3.82. The monoisotopic (exact) mass is 454 g/mol. The molecule has 1 aliphatic rings. The molecule has 124 valence electrons. The predicted molar refractivity (Wildman–Crippen MR) is 104 cm³/mol. The topological polar surface area (TPSA) is 49.4 Å². The summed E-state index contributed by atoms with van der Waals surface area (Å²) in [4.78, 5) is 26.7. The fraction of sp³-hybridized carbons (Fsp3) is 0.222. The first-order valence-electron chi connectivity index (χ1n) is 7.70. The van der Waals surface area contributed by atoms with Gasteiger partial charge in [-0.05, 0) is 71.8 Å². The lowest BCUT2D eigenvalue weighted by atomic mass is 10.1. The molecule has 0 saturated carbocycles. The van der Waals surface area contributed by atoms with Crippen LogP contribution in [0.1, 0.15) is 33.6 Å². The number of carbonyl (C=O) groups is 2. The van der Waals surface area contributed by atoms with E-state index in [-0.39, 0.29) is 11.8 Å². The predicted octanol–water partition coefficient (Wildman–Crippen LogP) is 4.43. The molecule has 1 heterocycles. The normalized spacial score (nSPS) is 13.8. The van der Waals surface area contributed by atoms with E-state index in [1.807, 2.05) is 4.90 Å². The molecule has 0 aromatic heterocycles. The summed E-state index contributed by atoms with van der Waals surface area (Å²) in [6.07, 6.45) is 2.11. The second-order valence-corrected chi connectivity index (χ2v) is 7.26. The number of rotatable bonds is 3. The van der Waals surface area contributed by atoms with E-state index in [0.717, 1.165) is 29.5 Å². The zero-order valence-corrected chi connectivity index (χ0v) is 15.8. The van der Waals surface area contributed by atoms with Crippen molar-refractivity contribution in [2.45, 2.75) is 12.8 Å². The molecule has 2 amide bonds. The van der Waals surface area contributed by atoms with Crippen LogP contribution in [0.2, 0.25) is 5.02 Å². The average Bonchev–Trinajstić information content (AvgIpc) is 3.08. The molecule has 2 aromatic rings. The van der Waals surface area contributed by atoms with Gasteiger partial charge in [-0.1, -0.05) is 17.7 Å². The Kier molecular flexibility index (Phi) is 5.40. The van der Waals surface area contributed by atoms with Crippen LogP contribution in [0.5, 0.6) is 0 Å². The third-order valence-corrected chi connectivity index (χ3v) is 5.06. The van der Waals surface area contributed by atoms with Crippen LogP contribution in [-0.4, -0.2) is 29.8 Å². The lowest BCUT2D eigenvalue weighted by molar-refractivity contribution is 0.0792. The molecule has 0 atom stereocenters. The maximum Gasteiger partial charge on any atom is 0.256 e. The number of hydrogen-bond acceptors (Lipinski definition) is 2. The zero-order chi connectivity index (χ0) is 17.1. The molecule has 3 rings (SSSR count). The van der Waals surface area contributed by atoms with Crippen molar-refractivity contribution in [1.82, 2.24) is 4.90 Å². The minimum Gasteiger partial charge on any atom is -0.339 e. The number of carbonyl (C=O) groups excluding carboxylic acids is 2. The first-order valence-corrected chi connectivity index (χ1v) is 9.16. The molecule has 24 heavy (non-hydrogen) atoms. The largest absolute Gasteiger partial charge is 0.339 e. The lowest BCUT2D eigenvalue weighted by Crippen LogP contribution is -2.27. The lowest BCUT2D eigenvalue weighted by Gasteiger charge is -2.16. The number of nitrogens with one attached hydrogen (secondary N) is 1. The number of nitrogens with zero attached hydrogens (tertiary/aromatic N) is 1. The summed E-state index contributed by atoms with van der Waals surface area (Å²) in [6, 6.07) is 12.2. The summed E-state index contributed by atoms with van der Waals surface area (Å²) >= 11 is 8.00. The quantitative estimate of drug-likeness (QED) is 0.698. The molecule has 0 spiro atoms. The molecule has 1 fully saturated rings. The molecule has 0 radical (unpaired) electrons. The van der Waals surface area contributed by atoms with E-state index in [9.17, 15) is 9.59 Å². The van der Waals surface area contributed by atoms with Gasteiger partial charge in [0.05, 0.1) is 5.56 Å². The third kappa shape index (κ3) is 3.89. The Bertz CT molecular complexity index is 788. The molecular weight excluding hydrogens is 439 g/mol. The molecule has 1 N–H and O–H groups in total. The van der Waals surface area contributed by atoms with Crippen LogP contribution in [0, 0.1) is 3.57 Å². The number of hydrogen-bond donors (Lipinski definition) is 1. The van der Waals surface area contributed by atoms with Crippen LogP contribution in [0.3, 0.4) is 0 Å². The summed E-state index contributed by atoms with van der Waals surface area (Å²) in [5.74, 6) is -0.202. The minimum atomic E-state index is -0.221. The van der Waals surface area contributed by atoms with Crippen LogP contribution in [0.25, 0.3) is 0 Å². The summed E-state index contributed by atoms with van der Waals surface area (Å²) in [6.45, 7) is 1.61. The smallest absolute Gasteiger partial charge is 0.256 e. The van der Waals surface area contributed by atoms with Gasteiger partial charge < -0.3 is 10.2 Å². The first-order chi connectivity index (χ1) is 11.5. The van der Waals surface area contributed by atoms with Gasteiger partial charge in [0, 0.05) is 32.9 Å². The van der Waals surface area contributed by atoms with Gasteiger partial charge in [0.25, 0.3) is 11.8 Å². The highest BCUT2D eigenvalue weighted by molar-refractivity contribution is 14.1. The molecule has 2 aromatic carbocycles. The first kappa shape index (κ1) is 17.2. The molecular formula is C18H16ClIN2O2. The van der Waals surface area contributed by atoms with Gasteiger partial charge in [-0.3, -0.25) is 9.59 Å². The van der Waals surface area contributed by atoms with Crippen molar-refractivity contribution in [2.24, 2.45) is 0 Å². The summed E-state index contributed by atoms with van der Waals surface area (Å²) in [5, 5.41) is 3.44. The molecule has 6 heteroatoms. The van der Waals surface area contributed by atoms with Gasteiger partial charge in [0.15, 0.2) is 0 Å². The fourth-order valence-electron chi connectivity index (χ4n) is 2.70. The van der Waals surface area contributed by atoms with Gasteiger partial charge in [0.2, 0.25) is 0 Å². The number of benzene rings is 2. The Labute approximate surface area is 159 Å². The molecule has 4 nitrogen and oxygen atoms in total. The van der Waals surface area contributed by atoms with Gasteiger partial charge in [-0.25, -0.2) is 0 Å². The summed E-state index contributed by atoms with van der Waals surface area (Å²) in [5.41, 5.74) is 1.76. The molecule has 0 aliphatic carbocycles. The highest BCUT2D eigenvalue weighted by atomic mass is 127. The molecule has 1 saturated heterocycles. The number of likely N-dealkylation sites (tertiary alicyclic amines) is 1. The van der Waals surface area contributed by atoms with Crippen LogP contribution in [-0.2, 0) is 0 Å². The van der Waals surface area contributed by atoms with Crippen molar-refractivity contribution >= 4 is 51.7 Å². The van der Waals surface area contributed by atoms with Crippen molar-refractivity contribution in [1.29, 1.82) is 0 Å². The van der Waals surface area contributed by atoms with Crippen LogP contribution < -0.4 is 5.32 Å². The number of anilines is 1. The summed E-state index contributed by atoms with van der Waals surface area (Å²) < 4.78 is 0.780. The maximum absolute atomic E-state index is 12.4. The van der Waals surface area contributed by atoms with E-state index in [1.54, 1.807) is 42.5 Å². The van der Waals surface area contributed by atoms with E-state index in [2.05, 4.69) is 27.9 Å². The van der Waals surface area contributed by atoms with Gasteiger partial charge in [-0.15, -0.1) is 0 Å². The van der Waals surface area contributed by atoms with Crippen molar-refractivity contribution in [2.75, 3.05) is 18.4 Å². The van der Waals surface area contributed by atoms with Gasteiger partial charge in [0.1, 0.15) is 0 Å². The Morgan fingerprint density at radius 2 is 1.83 bits per heavy atom. The Hall–Kier alpha value is -1.60.